The largest absolute Gasteiger partial charge is 0.335 e. The number of hydrogen-bond acceptors (Lipinski definition) is 2. The molecule has 1 atom stereocenters. The lowest BCUT2D eigenvalue weighted by Crippen LogP contribution is -2.38. The monoisotopic (exact) mass is 233 g/mol. The first-order valence-corrected chi connectivity index (χ1v) is 6.18. The molecular formula is C13H19N3O. The zero-order valence-corrected chi connectivity index (χ0v) is 9.91. The maximum Gasteiger partial charge on any atom is 0.319 e. The molecule has 1 aliphatic rings. The maximum absolute atomic E-state index is 11.8. The van der Waals surface area contributed by atoms with Crippen molar-refractivity contribution in [1.29, 1.82) is 0 Å². The van der Waals surface area contributed by atoms with Crippen LogP contribution < -0.4 is 16.0 Å². The van der Waals surface area contributed by atoms with Gasteiger partial charge in [-0.05, 0) is 44.5 Å². The summed E-state index contributed by atoms with van der Waals surface area (Å²) in [6, 6.07) is 9.69. The standard InChI is InChI=1S/C13H19N3O/c17-13(15-11-5-2-1-3-6-11)16-12-7-4-9-14-10-8-12/h1-3,5-6,12,14H,4,7-10H2,(H2,15,16,17). The molecule has 1 aromatic rings. The lowest BCUT2D eigenvalue weighted by atomic mass is 10.1. The topological polar surface area (TPSA) is 53.2 Å². The van der Waals surface area contributed by atoms with Crippen LogP contribution in [0.1, 0.15) is 19.3 Å². The summed E-state index contributed by atoms with van der Waals surface area (Å²) in [5.74, 6) is 0. The average Bonchev–Trinajstić information content (AvgIpc) is 2.59. The Kier molecular flexibility index (Phi) is 4.38. The number of carbonyl (C=O) groups is 1. The molecule has 1 aliphatic heterocycles. The second-order valence-electron chi connectivity index (χ2n) is 4.34. The number of para-hydroxylation sites is 1. The minimum atomic E-state index is -0.108. The second kappa shape index (κ2) is 6.25. The van der Waals surface area contributed by atoms with E-state index in [2.05, 4.69) is 16.0 Å². The van der Waals surface area contributed by atoms with Gasteiger partial charge < -0.3 is 16.0 Å². The summed E-state index contributed by atoms with van der Waals surface area (Å²) in [6.07, 6.45) is 3.17. The zero-order valence-electron chi connectivity index (χ0n) is 9.91. The van der Waals surface area contributed by atoms with E-state index in [0.29, 0.717) is 0 Å². The van der Waals surface area contributed by atoms with Gasteiger partial charge in [0.05, 0.1) is 0 Å². The third kappa shape index (κ3) is 4.07. The lowest BCUT2D eigenvalue weighted by molar-refractivity contribution is 0.247. The van der Waals surface area contributed by atoms with Gasteiger partial charge in [0.25, 0.3) is 0 Å². The molecule has 17 heavy (non-hydrogen) atoms. The number of amides is 2. The van der Waals surface area contributed by atoms with Crippen molar-refractivity contribution in [1.82, 2.24) is 10.6 Å². The molecule has 1 heterocycles. The minimum Gasteiger partial charge on any atom is -0.335 e. The molecule has 92 valence electrons. The van der Waals surface area contributed by atoms with Crippen molar-refractivity contribution >= 4 is 11.7 Å². The predicted octanol–water partition coefficient (Wildman–Crippen LogP) is 1.95. The van der Waals surface area contributed by atoms with Crippen LogP contribution in [-0.4, -0.2) is 25.2 Å². The van der Waals surface area contributed by atoms with Crippen LogP contribution in [0.2, 0.25) is 0 Å². The molecule has 1 fully saturated rings. The summed E-state index contributed by atoms with van der Waals surface area (Å²) >= 11 is 0. The number of anilines is 1. The summed E-state index contributed by atoms with van der Waals surface area (Å²) in [6.45, 7) is 2.04. The van der Waals surface area contributed by atoms with Crippen LogP contribution in [0.4, 0.5) is 10.5 Å². The Hall–Kier alpha value is -1.55. The Morgan fingerprint density at radius 1 is 1.18 bits per heavy atom. The van der Waals surface area contributed by atoms with E-state index in [4.69, 9.17) is 0 Å². The molecule has 0 bridgehead atoms. The van der Waals surface area contributed by atoms with Gasteiger partial charge in [-0.15, -0.1) is 0 Å². The lowest BCUT2D eigenvalue weighted by Gasteiger charge is -2.16. The molecule has 0 spiro atoms. The third-order valence-corrected chi connectivity index (χ3v) is 2.94. The normalized spacial score (nSPS) is 20.4. The van der Waals surface area contributed by atoms with Gasteiger partial charge in [-0.2, -0.15) is 0 Å². The molecular weight excluding hydrogens is 214 g/mol. The van der Waals surface area contributed by atoms with E-state index in [1.807, 2.05) is 30.3 Å². The van der Waals surface area contributed by atoms with Gasteiger partial charge in [0.1, 0.15) is 0 Å². The van der Waals surface area contributed by atoms with Crippen LogP contribution in [0.15, 0.2) is 30.3 Å². The number of urea groups is 1. The predicted molar refractivity (Wildman–Crippen MR) is 69.1 cm³/mol. The summed E-state index contributed by atoms with van der Waals surface area (Å²) < 4.78 is 0. The van der Waals surface area contributed by atoms with Crippen molar-refractivity contribution in [2.75, 3.05) is 18.4 Å². The summed E-state index contributed by atoms with van der Waals surface area (Å²) in [4.78, 5) is 11.8. The highest BCUT2D eigenvalue weighted by atomic mass is 16.2. The Balaban J connectivity index is 1.80. The molecule has 2 amide bonds. The second-order valence-corrected chi connectivity index (χ2v) is 4.34. The SMILES string of the molecule is O=C(Nc1ccccc1)NC1CCCNCC1. The van der Waals surface area contributed by atoms with Crippen molar-refractivity contribution in [2.45, 2.75) is 25.3 Å². The molecule has 0 saturated carbocycles. The molecule has 0 radical (unpaired) electrons. The molecule has 4 nitrogen and oxygen atoms in total. The summed E-state index contributed by atoms with van der Waals surface area (Å²) in [5, 5.41) is 9.18. The molecule has 1 saturated heterocycles. The van der Waals surface area contributed by atoms with Gasteiger partial charge in [-0.1, -0.05) is 18.2 Å². The first-order chi connectivity index (χ1) is 8.34. The van der Waals surface area contributed by atoms with Crippen LogP contribution >= 0.6 is 0 Å². The fraction of sp³-hybridized carbons (Fsp3) is 0.462. The summed E-state index contributed by atoms with van der Waals surface area (Å²) in [5.41, 5.74) is 0.830. The van der Waals surface area contributed by atoms with Gasteiger partial charge >= 0.3 is 6.03 Å². The van der Waals surface area contributed by atoms with Crippen molar-refractivity contribution < 1.29 is 4.79 Å². The molecule has 0 aromatic heterocycles. The van der Waals surface area contributed by atoms with Crippen LogP contribution in [0, 0.1) is 0 Å². The first kappa shape index (κ1) is 11.9. The molecule has 0 aliphatic carbocycles. The Morgan fingerprint density at radius 3 is 2.82 bits per heavy atom. The van der Waals surface area contributed by atoms with Gasteiger partial charge in [0.15, 0.2) is 0 Å². The molecule has 4 heteroatoms. The number of benzene rings is 1. The van der Waals surface area contributed by atoms with E-state index in [1.54, 1.807) is 0 Å². The number of hydrogen-bond donors (Lipinski definition) is 3. The summed E-state index contributed by atoms with van der Waals surface area (Å²) in [7, 11) is 0. The van der Waals surface area contributed by atoms with Crippen LogP contribution in [-0.2, 0) is 0 Å². The van der Waals surface area contributed by atoms with Crippen molar-refractivity contribution in [3.63, 3.8) is 0 Å². The van der Waals surface area contributed by atoms with Gasteiger partial charge in [-0.3, -0.25) is 0 Å². The van der Waals surface area contributed by atoms with Crippen molar-refractivity contribution in [2.24, 2.45) is 0 Å². The van der Waals surface area contributed by atoms with Crippen molar-refractivity contribution in [3.05, 3.63) is 30.3 Å². The van der Waals surface area contributed by atoms with Crippen LogP contribution in [0.3, 0.4) is 0 Å². The Bertz CT molecular complexity index is 345. The van der Waals surface area contributed by atoms with E-state index in [-0.39, 0.29) is 12.1 Å². The van der Waals surface area contributed by atoms with Crippen molar-refractivity contribution in [3.8, 4) is 0 Å². The Labute approximate surface area is 102 Å². The smallest absolute Gasteiger partial charge is 0.319 e. The van der Waals surface area contributed by atoms with Gasteiger partial charge in [0.2, 0.25) is 0 Å². The number of rotatable bonds is 2. The minimum absolute atomic E-state index is 0.108. The third-order valence-electron chi connectivity index (χ3n) is 2.94. The maximum atomic E-state index is 11.8. The highest BCUT2D eigenvalue weighted by Gasteiger charge is 2.13. The average molecular weight is 233 g/mol. The molecule has 2 rings (SSSR count). The van der Waals surface area contributed by atoms with Crippen LogP contribution in [0.25, 0.3) is 0 Å². The van der Waals surface area contributed by atoms with E-state index in [9.17, 15) is 4.79 Å². The van der Waals surface area contributed by atoms with Gasteiger partial charge in [-0.25, -0.2) is 4.79 Å². The van der Waals surface area contributed by atoms with E-state index in [1.165, 1.54) is 0 Å². The van der Waals surface area contributed by atoms with Crippen LogP contribution in [0.5, 0.6) is 0 Å². The fourth-order valence-corrected chi connectivity index (χ4v) is 2.04. The molecule has 1 aromatic carbocycles. The number of nitrogens with one attached hydrogen (secondary N) is 3. The first-order valence-electron chi connectivity index (χ1n) is 6.18. The zero-order chi connectivity index (χ0) is 11.9. The van der Waals surface area contributed by atoms with E-state index >= 15 is 0 Å². The number of carbonyl (C=O) groups excluding carboxylic acids is 1. The quantitative estimate of drug-likeness (QED) is 0.731. The van der Waals surface area contributed by atoms with E-state index in [0.717, 1.165) is 38.0 Å². The fourth-order valence-electron chi connectivity index (χ4n) is 2.04. The van der Waals surface area contributed by atoms with Gasteiger partial charge in [0, 0.05) is 11.7 Å². The molecule has 3 N–H and O–H groups in total. The van der Waals surface area contributed by atoms with E-state index < -0.39 is 0 Å². The molecule has 1 unspecified atom stereocenters. The highest BCUT2D eigenvalue weighted by molar-refractivity contribution is 5.89. The Morgan fingerprint density at radius 2 is 2.00 bits per heavy atom. The highest BCUT2D eigenvalue weighted by Crippen LogP contribution is 2.07.